The Balaban J connectivity index is 1.83. The fourth-order valence-electron chi connectivity index (χ4n) is 3.52. The molecule has 0 unspecified atom stereocenters. The molecule has 1 saturated heterocycles. The molecule has 2 aromatic rings. The number of hydrogen-bond donors (Lipinski definition) is 2. The van der Waals surface area contributed by atoms with Crippen LogP contribution < -0.4 is 20.3 Å². The quantitative estimate of drug-likeness (QED) is 0.434. The van der Waals surface area contributed by atoms with Gasteiger partial charge >= 0.3 is 0 Å². The average molecular weight is 456 g/mol. The van der Waals surface area contributed by atoms with Gasteiger partial charge in [-0.1, -0.05) is 13.3 Å². The second-order valence-corrected chi connectivity index (χ2v) is 7.58. The van der Waals surface area contributed by atoms with Crippen molar-refractivity contribution in [2.75, 3.05) is 48.9 Å². The van der Waals surface area contributed by atoms with Crippen LogP contribution in [0.3, 0.4) is 0 Å². The Bertz CT molecular complexity index is 1020. The molecule has 1 aliphatic rings. The first-order chi connectivity index (χ1) is 15.9. The molecule has 0 spiro atoms. The van der Waals surface area contributed by atoms with E-state index in [2.05, 4.69) is 10.6 Å². The third-order valence-corrected chi connectivity index (χ3v) is 5.28. The zero-order chi connectivity index (χ0) is 23.8. The Morgan fingerprint density at radius 3 is 2.58 bits per heavy atom. The van der Waals surface area contributed by atoms with Crippen LogP contribution in [0.1, 0.15) is 36.5 Å². The van der Waals surface area contributed by atoms with Gasteiger partial charge in [0.05, 0.1) is 42.2 Å². The summed E-state index contributed by atoms with van der Waals surface area (Å²) in [5.74, 6) is -0.203. The number of hydrogen-bond acceptors (Lipinski definition) is 7. The number of methoxy groups -OCH3 is 1. The summed E-state index contributed by atoms with van der Waals surface area (Å²) in [6.07, 6.45) is 2.12. The Morgan fingerprint density at radius 2 is 1.91 bits per heavy atom. The summed E-state index contributed by atoms with van der Waals surface area (Å²) >= 11 is 0. The van der Waals surface area contributed by atoms with Gasteiger partial charge in [-0.2, -0.15) is 0 Å². The van der Waals surface area contributed by atoms with E-state index < -0.39 is 10.8 Å². The van der Waals surface area contributed by atoms with Gasteiger partial charge in [-0.25, -0.2) is 0 Å². The molecule has 176 valence electrons. The number of rotatable bonds is 9. The number of nitro benzene ring substituents is 1. The van der Waals surface area contributed by atoms with Crippen LogP contribution >= 0.6 is 0 Å². The molecule has 0 radical (unpaired) electrons. The number of anilines is 3. The monoisotopic (exact) mass is 456 g/mol. The number of morpholine rings is 1. The lowest BCUT2D eigenvalue weighted by atomic mass is 10.1. The topological polar surface area (TPSA) is 123 Å². The number of carbonyl (C=O) groups excluding carboxylic acids is 2. The maximum Gasteiger partial charge on any atom is 0.270 e. The van der Waals surface area contributed by atoms with Gasteiger partial charge in [0.15, 0.2) is 0 Å². The van der Waals surface area contributed by atoms with Crippen molar-refractivity contribution in [2.24, 2.45) is 0 Å². The Hall–Kier alpha value is -3.66. The highest BCUT2D eigenvalue weighted by atomic mass is 16.6. The third-order valence-electron chi connectivity index (χ3n) is 5.28. The summed E-state index contributed by atoms with van der Waals surface area (Å²) in [4.78, 5) is 37.9. The predicted octanol–water partition coefficient (Wildman–Crippen LogP) is 3.82. The molecule has 2 N–H and O–H groups in total. The van der Waals surface area contributed by atoms with Gasteiger partial charge < -0.3 is 25.0 Å². The first kappa shape index (κ1) is 24.0. The van der Waals surface area contributed by atoms with E-state index in [0.29, 0.717) is 55.5 Å². The van der Waals surface area contributed by atoms with Gasteiger partial charge in [-0.05, 0) is 24.6 Å². The van der Waals surface area contributed by atoms with Crippen molar-refractivity contribution in [2.45, 2.75) is 26.2 Å². The summed E-state index contributed by atoms with van der Waals surface area (Å²) in [6, 6.07) is 9.14. The van der Waals surface area contributed by atoms with Crippen molar-refractivity contribution in [3.63, 3.8) is 0 Å². The molecule has 0 atom stereocenters. The van der Waals surface area contributed by atoms with Gasteiger partial charge in [0.2, 0.25) is 5.91 Å². The third kappa shape index (κ3) is 6.19. The molecule has 3 rings (SSSR count). The molecular weight excluding hydrogens is 428 g/mol. The van der Waals surface area contributed by atoms with Gasteiger partial charge in [0.25, 0.3) is 11.6 Å². The average Bonchev–Trinajstić information content (AvgIpc) is 2.83. The van der Waals surface area contributed by atoms with E-state index in [9.17, 15) is 19.7 Å². The van der Waals surface area contributed by atoms with E-state index in [1.165, 1.54) is 19.2 Å². The Kier molecular flexibility index (Phi) is 8.20. The minimum atomic E-state index is -0.529. The van der Waals surface area contributed by atoms with Crippen LogP contribution in [0.2, 0.25) is 0 Å². The molecule has 10 nitrogen and oxygen atoms in total. The SMILES string of the molecule is CCCCC(=O)Nc1ccc(NC(=O)c2cc([N+](=O)[O-])ccc2N2CCOCC2)cc1OC. The van der Waals surface area contributed by atoms with Crippen LogP contribution in [0.25, 0.3) is 0 Å². The first-order valence-electron chi connectivity index (χ1n) is 10.8. The fourth-order valence-corrected chi connectivity index (χ4v) is 3.52. The molecule has 1 aliphatic heterocycles. The van der Waals surface area contributed by atoms with E-state index in [4.69, 9.17) is 9.47 Å². The smallest absolute Gasteiger partial charge is 0.270 e. The highest BCUT2D eigenvalue weighted by Crippen LogP contribution is 2.30. The van der Waals surface area contributed by atoms with E-state index in [-0.39, 0.29) is 17.2 Å². The molecule has 1 heterocycles. The Morgan fingerprint density at radius 1 is 1.15 bits per heavy atom. The van der Waals surface area contributed by atoms with Crippen LogP contribution in [0, 0.1) is 10.1 Å². The van der Waals surface area contributed by atoms with Crippen molar-refractivity contribution in [3.05, 3.63) is 52.1 Å². The molecule has 10 heteroatoms. The van der Waals surface area contributed by atoms with E-state index in [1.54, 1.807) is 24.3 Å². The van der Waals surface area contributed by atoms with Crippen LogP contribution in [0.15, 0.2) is 36.4 Å². The molecular formula is C23H28N4O6. The zero-order valence-electron chi connectivity index (χ0n) is 18.8. The molecule has 2 aromatic carbocycles. The lowest BCUT2D eigenvalue weighted by molar-refractivity contribution is -0.384. The number of amides is 2. The minimum absolute atomic E-state index is 0.112. The Labute approximate surface area is 192 Å². The molecule has 0 aromatic heterocycles. The number of carbonyl (C=O) groups is 2. The maximum atomic E-state index is 13.1. The van der Waals surface area contributed by atoms with E-state index in [0.717, 1.165) is 12.8 Å². The molecule has 0 bridgehead atoms. The minimum Gasteiger partial charge on any atom is -0.494 e. The number of nitro groups is 1. The van der Waals surface area contributed by atoms with Crippen molar-refractivity contribution in [3.8, 4) is 5.75 Å². The van der Waals surface area contributed by atoms with Crippen molar-refractivity contribution >= 4 is 34.6 Å². The second kappa shape index (κ2) is 11.3. The van der Waals surface area contributed by atoms with Crippen LogP contribution in [-0.4, -0.2) is 50.2 Å². The number of benzene rings is 2. The van der Waals surface area contributed by atoms with Crippen molar-refractivity contribution in [1.29, 1.82) is 0 Å². The lowest BCUT2D eigenvalue weighted by Crippen LogP contribution is -2.37. The summed E-state index contributed by atoms with van der Waals surface area (Å²) in [5.41, 5.74) is 1.57. The highest BCUT2D eigenvalue weighted by Gasteiger charge is 2.22. The summed E-state index contributed by atoms with van der Waals surface area (Å²) in [5, 5.41) is 16.9. The number of non-ortho nitro benzene ring substituents is 1. The van der Waals surface area contributed by atoms with Crippen LogP contribution in [0.5, 0.6) is 5.75 Å². The highest BCUT2D eigenvalue weighted by molar-refractivity contribution is 6.09. The second-order valence-electron chi connectivity index (χ2n) is 7.58. The largest absolute Gasteiger partial charge is 0.494 e. The van der Waals surface area contributed by atoms with Crippen LogP contribution in [-0.2, 0) is 9.53 Å². The normalized spacial score (nSPS) is 13.3. The standard InChI is InChI=1S/C23H28N4O6/c1-3-4-5-22(28)25-19-8-6-16(14-21(19)32-2)24-23(29)18-15-17(27(30)31)7-9-20(18)26-10-12-33-13-11-26/h6-9,14-15H,3-5,10-13H2,1-2H3,(H,24,29)(H,25,28). The maximum absolute atomic E-state index is 13.1. The molecule has 2 amide bonds. The predicted molar refractivity (Wildman–Crippen MR) is 125 cm³/mol. The first-order valence-corrected chi connectivity index (χ1v) is 10.8. The van der Waals surface area contributed by atoms with Crippen molar-refractivity contribution < 1.29 is 24.0 Å². The number of nitrogens with zero attached hydrogens (tertiary/aromatic N) is 2. The fraction of sp³-hybridized carbons (Fsp3) is 0.391. The lowest BCUT2D eigenvalue weighted by Gasteiger charge is -2.30. The van der Waals surface area contributed by atoms with Gasteiger partial charge in [0.1, 0.15) is 5.75 Å². The molecule has 33 heavy (non-hydrogen) atoms. The van der Waals surface area contributed by atoms with Crippen molar-refractivity contribution in [1.82, 2.24) is 0 Å². The van der Waals surface area contributed by atoms with Gasteiger partial charge in [-0.3, -0.25) is 19.7 Å². The zero-order valence-corrected chi connectivity index (χ0v) is 18.8. The number of unbranched alkanes of at least 4 members (excludes halogenated alkanes) is 1. The summed E-state index contributed by atoms with van der Waals surface area (Å²) in [7, 11) is 1.47. The summed E-state index contributed by atoms with van der Waals surface area (Å²) in [6.45, 7) is 4.20. The van der Waals surface area contributed by atoms with Gasteiger partial charge in [-0.15, -0.1) is 0 Å². The number of ether oxygens (including phenoxy) is 2. The molecule has 0 saturated carbocycles. The molecule has 0 aliphatic carbocycles. The summed E-state index contributed by atoms with van der Waals surface area (Å²) < 4.78 is 10.7. The van der Waals surface area contributed by atoms with Gasteiger partial charge in [0, 0.05) is 43.4 Å². The van der Waals surface area contributed by atoms with E-state index in [1.807, 2.05) is 11.8 Å². The van der Waals surface area contributed by atoms with E-state index >= 15 is 0 Å². The molecule has 1 fully saturated rings. The van der Waals surface area contributed by atoms with Crippen LogP contribution in [0.4, 0.5) is 22.7 Å². The number of nitrogens with one attached hydrogen (secondary N) is 2.